The second kappa shape index (κ2) is 15.5. The van der Waals surface area contributed by atoms with Crippen molar-refractivity contribution in [2.75, 3.05) is 26.2 Å². The lowest BCUT2D eigenvalue weighted by atomic mass is 9.95. The average molecular weight is 425 g/mol. The summed E-state index contributed by atoms with van der Waals surface area (Å²) in [6.45, 7) is 3.79. The molecule has 1 fully saturated rings. The van der Waals surface area contributed by atoms with Gasteiger partial charge in [-0.1, -0.05) is 30.9 Å². The molecule has 0 heterocycles. The fourth-order valence-electron chi connectivity index (χ4n) is 3.08. The van der Waals surface area contributed by atoms with Gasteiger partial charge in [-0.05, 0) is 56.5 Å². The summed E-state index contributed by atoms with van der Waals surface area (Å²) < 4.78 is 0. The van der Waals surface area contributed by atoms with E-state index in [4.69, 9.17) is 11.6 Å². The number of benzene rings is 1. The van der Waals surface area contributed by atoms with Crippen molar-refractivity contribution < 1.29 is 4.79 Å². The van der Waals surface area contributed by atoms with Gasteiger partial charge in [0.25, 0.3) is 5.91 Å². The highest BCUT2D eigenvalue weighted by molar-refractivity contribution is 6.30. The van der Waals surface area contributed by atoms with Gasteiger partial charge >= 0.3 is 0 Å². The minimum absolute atomic E-state index is 0. The van der Waals surface area contributed by atoms with Gasteiger partial charge in [0, 0.05) is 36.3 Å². The van der Waals surface area contributed by atoms with Crippen molar-refractivity contribution in [1.29, 1.82) is 0 Å². The van der Waals surface area contributed by atoms with Crippen molar-refractivity contribution in [2.24, 2.45) is 0 Å². The molecule has 0 saturated heterocycles. The first kappa shape index (κ1) is 25.5. The van der Waals surface area contributed by atoms with E-state index >= 15 is 0 Å². The molecule has 150 valence electrons. The molecule has 1 aromatic rings. The molecule has 7 heteroatoms. The van der Waals surface area contributed by atoms with Gasteiger partial charge in [-0.2, -0.15) is 0 Å². The molecule has 4 nitrogen and oxygen atoms in total. The van der Waals surface area contributed by atoms with Crippen LogP contribution in [0.4, 0.5) is 0 Å². The van der Waals surface area contributed by atoms with Crippen LogP contribution in [0.15, 0.2) is 24.3 Å². The Hall–Kier alpha value is -0.520. The Morgan fingerprint density at radius 3 is 2.27 bits per heavy atom. The maximum absolute atomic E-state index is 11.9. The van der Waals surface area contributed by atoms with Crippen molar-refractivity contribution in [3.05, 3.63) is 34.9 Å². The van der Waals surface area contributed by atoms with E-state index in [1.807, 2.05) is 0 Å². The van der Waals surface area contributed by atoms with E-state index in [0.29, 0.717) is 17.1 Å². The summed E-state index contributed by atoms with van der Waals surface area (Å²) in [6, 6.07) is 7.71. The molecular formula is C19H32Cl3N3O. The van der Waals surface area contributed by atoms with Gasteiger partial charge in [0.05, 0.1) is 0 Å². The predicted molar refractivity (Wildman–Crippen MR) is 115 cm³/mol. The van der Waals surface area contributed by atoms with Gasteiger partial charge in [-0.15, -0.1) is 24.8 Å². The molecule has 1 aliphatic rings. The Labute approximate surface area is 175 Å². The van der Waals surface area contributed by atoms with Gasteiger partial charge in [-0.25, -0.2) is 0 Å². The third-order valence-electron chi connectivity index (χ3n) is 4.51. The normalized spacial score (nSPS) is 14.2. The first-order chi connectivity index (χ1) is 11.8. The third-order valence-corrected chi connectivity index (χ3v) is 4.76. The number of carbonyl (C=O) groups excluding carboxylic acids is 1. The molecule has 0 aliphatic heterocycles. The Kier molecular flexibility index (Phi) is 15.2. The van der Waals surface area contributed by atoms with Crippen LogP contribution in [0, 0.1) is 0 Å². The summed E-state index contributed by atoms with van der Waals surface area (Å²) in [5, 5.41) is 10.7. The summed E-state index contributed by atoms with van der Waals surface area (Å²) in [5.74, 6) is -0.0312. The van der Waals surface area contributed by atoms with Gasteiger partial charge in [-0.3, -0.25) is 4.79 Å². The van der Waals surface area contributed by atoms with Crippen molar-refractivity contribution in [2.45, 2.75) is 51.0 Å². The number of halogens is 3. The summed E-state index contributed by atoms with van der Waals surface area (Å²) in [4.78, 5) is 11.9. The SMILES string of the molecule is Cl.Cl.O=C(NCCCCNCCNC1CCCCC1)c1ccc(Cl)cc1. The van der Waals surface area contributed by atoms with Gasteiger partial charge in [0.15, 0.2) is 0 Å². The molecule has 2 rings (SSSR count). The van der Waals surface area contributed by atoms with Crippen molar-refractivity contribution in [3.8, 4) is 0 Å². The lowest BCUT2D eigenvalue weighted by molar-refractivity contribution is 0.0953. The Balaban J connectivity index is 0.00000312. The average Bonchev–Trinajstić information content (AvgIpc) is 2.61. The summed E-state index contributed by atoms with van der Waals surface area (Å²) in [5.41, 5.74) is 0.659. The summed E-state index contributed by atoms with van der Waals surface area (Å²) in [6.07, 6.45) is 8.91. The van der Waals surface area contributed by atoms with Crippen LogP contribution in [0.1, 0.15) is 55.3 Å². The van der Waals surface area contributed by atoms with E-state index < -0.39 is 0 Å². The smallest absolute Gasteiger partial charge is 0.251 e. The van der Waals surface area contributed by atoms with Crippen LogP contribution in [-0.4, -0.2) is 38.1 Å². The molecule has 3 N–H and O–H groups in total. The third kappa shape index (κ3) is 10.6. The predicted octanol–water partition coefficient (Wildman–Crippen LogP) is 4.21. The standard InChI is InChI=1S/C19H30ClN3O.2ClH/c20-17-10-8-16(9-11-17)19(24)23-13-5-4-12-21-14-15-22-18-6-2-1-3-7-18;;/h8-11,18,21-22H,1-7,12-15H2,(H,23,24);2*1H. The van der Waals surface area contributed by atoms with Crippen LogP contribution in [0.3, 0.4) is 0 Å². The van der Waals surface area contributed by atoms with Gasteiger partial charge in [0.1, 0.15) is 0 Å². The molecule has 0 atom stereocenters. The highest BCUT2D eigenvalue weighted by atomic mass is 35.5. The second-order valence-corrected chi connectivity index (χ2v) is 6.95. The van der Waals surface area contributed by atoms with Crippen LogP contribution in [-0.2, 0) is 0 Å². The van der Waals surface area contributed by atoms with E-state index in [2.05, 4.69) is 16.0 Å². The van der Waals surface area contributed by atoms with Gasteiger partial charge in [0.2, 0.25) is 0 Å². The maximum Gasteiger partial charge on any atom is 0.251 e. The van der Waals surface area contributed by atoms with Crippen LogP contribution in [0.5, 0.6) is 0 Å². The molecule has 0 radical (unpaired) electrons. The van der Waals surface area contributed by atoms with Gasteiger partial charge < -0.3 is 16.0 Å². The highest BCUT2D eigenvalue weighted by Crippen LogP contribution is 2.16. The monoisotopic (exact) mass is 423 g/mol. The van der Waals surface area contributed by atoms with E-state index in [-0.39, 0.29) is 30.7 Å². The molecule has 26 heavy (non-hydrogen) atoms. The van der Waals surface area contributed by atoms with Crippen molar-refractivity contribution >= 4 is 42.3 Å². The van der Waals surface area contributed by atoms with Crippen molar-refractivity contribution in [3.63, 3.8) is 0 Å². The second-order valence-electron chi connectivity index (χ2n) is 6.51. The first-order valence-corrected chi connectivity index (χ1v) is 9.61. The zero-order valence-electron chi connectivity index (χ0n) is 15.3. The quantitative estimate of drug-likeness (QED) is 0.493. The maximum atomic E-state index is 11.9. The summed E-state index contributed by atoms with van der Waals surface area (Å²) >= 11 is 5.81. The first-order valence-electron chi connectivity index (χ1n) is 9.23. The topological polar surface area (TPSA) is 53.2 Å². The number of nitrogens with one attached hydrogen (secondary N) is 3. The fourth-order valence-corrected chi connectivity index (χ4v) is 3.20. The Bertz CT molecular complexity index is 479. The number of amides is 1. The number of hydrogen-bond donors (Lipinski definition) is 3. The minimum atomic E-state index is -0.0312. The Morgan fingerprint density at radius 1 is 0.923 bits per heavy atom. The molecule has 1 aromatic carbocycles. The molecule has 1 saturated carbocycles. The largest absolute Gasteiger partial charge is 0.352 e. The molecule has 0 aromatic heterocycles. The van der Waals surface area contributed by atoms with Crippen LogP contribution in [0.25, 0.3) is 0 Å². The number of unbranched alkanes of at least 4 members (excludes halogenated alkanes) is 1. The molecule has 1 amide bonds. The zero-order chi connectivity index (χ0) is 17.0. The summed E-state index contributed by atoms with van der Waals surface area (Å²) in [7, 11) is 0. The zero-order valence-corrected chi connectivity index (χ0v) is 17.7. The van der Waals surface area contributed by atoms with Crippen molar-refractivity contribution in [1.82, 2.24) is 16.0 Å². The number of hydrogen-bond acceptors (Lipinski definition) is 3. The van der Waals surface area contributed by atoms with Crippen LogP contribution in [0.2, 0.25) is 5.02 Å². The van der Waals surface area contributed by atoms with E-state index in [9.17, 15) is 4.79 Å². The van der Waals surface area contributed by atoms with E-state index in [1.165, 1.54) is 32.1 Å². The van der Waals surface area contributed by atoms with E-state index in [0.717, 1.165) is 38.5 Å². The van der Waals surface area contributed by atoms with Crippen LogP contribution < -0.4 is 16.0 Å². The molecule has 0 bridgehead atoms. The molecular weight excluding hydrogens is 393 g/mol. The fraction of sp³-hybridized carbons (Fsp3) is 0.632. The molecule has 1 aliphatic carbocycles. The molecule has 0 spiro atoms. The number of rotatable bonds is 10. The lowest BCUT2D eigenvalue weighted by Crippen LogP contribution is -2.36. The Morgan fingerprint density at radius 2 is 1.58 bits per heavy atom. The number of carbonyl (C=O) groups is 1. The highest BCUT2D eigenvalue weighted by Gasteiger charge is 2.11. The van der Waals surface area contributed by atoms with Crippen LogP contribution >= 0.6 is 36.4 Å². The van der Waals surface area contributed by atoms with E-state index in [1.54, 1.807) is 24.3 Å². The molecule has 0 unspecified atom stereocenters. The minimum Gasteiger partial charge on any atom is -0.352 e. The lowest BCUT2D eigenvalue weighted by Gasteiger charge is -2.22.